The number of aryl methyl sites for hydroxylation is 1. The lowest BCUT2D eigenvalue weighted by molar-refractivity contribution is 0.0341. The lowest BCUT2D eigenvalue weighted by atomic mass is 10.1. The van der Waals surface area contributed by atoms with Crippen LogP contribution in [0.1, 0.15) is 16.7 Å². The standard InChI is InChI=1S/C19H23BrN2O3S/c1-15-6-7-18(20)12-19(15)26(23,24)21-13-16-4-2-3-5-17(16)14-22-8-10-25-11-9-22/h2-7,12,21H,8-11,13-14H2,1H3. The molecule has 0 amide bonds. The van der Waals surface area contributed by atoms with E-state index < -0.39 is 10.0 Å². The summed E-state index contributed by atoms with van der Waals surface area (Å²) in [6.07, 6.45) is 0. The van der Waals surface area contributed by atoms with Gasteiger partial charge in [0.15, 0.2) is 0 Å². The first-order valence-corrected chi connectivity index (χ1v) is 10.9. The van der Waals surface area contributed by atoms with Gasteiger partial charge in [0.2, 0.25) is 10.0 Å². The highest BCUT2D eigenvalue weighted by Gasteiger charge is 2.18. The van der Waals surface area contributed by atoms with Crippen LogP contribution in [0.2, 0.25) is 0 Å². The molecule has 2 aromatic rings. The molecule has 0 aromatic heterocycles. The number of benzene rings is 2. The number of sulfonamides is 1. The van der Waals surface area contributed by atoms with Crippen molar-refractivity contribution in [3.05, 3.63) is 63.6 Å². The lowest BCUT2D eigenvalue weighted by Gasteiger charge is -2.27. The number of hydrogen-bond acceptors (Lipinski definition) is 4. The smallest absolute Gasteiger partial charge is 0.241 e. The van der Waals surface area contributed by atoms with Crippen LogP contribution in [0.3, 0.4) is 0 Å². The van der Waals surface area contributed by atoms with E-state index in [1.54, 1.807) is 19.1 Å². The average Bonchev–Trinajstić information content (AvgIpc) is 2.64. The molecule has 0 bridgehead atoms. The molecule has 140 valence electrons. The van der Waals surface area contributed by atoms with E-state index in [9.17, 15) is 8.42 Å². The van der Waals surface area contributed by atoms with E-state index in [4.69, 9.17) is 4.74 Å². The Balaban J connectivity index is 1.74. The number of halogens is 1. The Bertz CT molecular complexity index is 865. The summed E-state index contributed by atoms with van der Waals surface area (Å²) in [5, 5.41) is 0. The SMILES string of the molecule is Cc1ccc(Br)cc1S(=O)(=O)NCc1ccccc1CN1CCOCC1. The topological polar surface area (TPSA) is 58.6 Å². The van der Waals surface area contributed by atoms with Crippen LogP contribution in [0.25, 0.3) is 0 Å². The van der Waals surface area contributed by atoms with E-state index in [2.05, 4.69) is 31.6 Å². The number of nitrogens with one attached hydrogen (secondary N) is 1. The van der Waals surface area contributed by atoms with Gasteiger partial charge in [-0.05, 0) is 35.7 Å². The third-order valence-corrected chi connectivity index (χ3v) is 6.54. The molecule has 1 saturated heterocycles. The maximum atomic E-state index is 12.7. The van der Waals surface area contributed by atoms with Crippen molar-refractivity contribution in [3.8, 4) is 0 Å². The summed E-state index contributed by atoms with van der Waals surface area (Å²) in [5.74, 6) is 0. The minimum atomic E-state index is -3.58. The molecule has 0 unspecified atom stereocenters. The molecule has 1 aliphatic rings. The van der Waals surface area contributed by atoms with E-state index in [1.165, 1.54) is 0 Å². The molecule has 0 aliphatic carbocycles. The van der Waals surface area contributed by atoms with Gasteiger partial charge in [-0.2, -0.15) is 0 Å². The molecule has 1 aliphatic heterocycles. The fourth-order valence-corrected chi connectivity index (χ4v) is 4.79. The molecule has 1 N–H and O–H groups in total. The van der Waals surface area contributed by atoms with Gasteiger partial charge in [0.1, 0.15) is 0 Å². The number of hydrogen-bond donors (Lipinski definition) is 1. The Morgan fingerprint density at radius 2 is 1.81 bits per heavy atom. The van der Waals surface area contributed by atoms with Gasteiger partial charge in [0, 0.05) is 30.7 Å². The Kier molecular flexibility index (Phi) is 6.47. The third kappa shape index (κ3) is 4.92. The van der Waals surface area contributed by atoms with E-state index in [0.29, 0.717) is 4.90 Å². The third-order valence-electron chi connectivity index (χ3n) is 4.51. The van der Waals surface area contributed by atoms with E-state index in [0.717, 1.165) is 54.0 Å². The normalized spacial score (nSPS) is 15.9. The Morgan fingerprint density at radius 1 is 1.12 bits per heavy atom. The molecule has 0 atom stereocenters. The molecule has 26 heavy (non-hydrogen) atoms. The highest BCUT2D eigenvalue weighted by molar-refractivity contribution is 9.10. The van der Waals surface area contributed by atoms with Gasteiger partial charge in [-0.3, -0.25) is 4.90 Å². The molecule has 2 aromatic carbocycles. The van der Waals surface area contributed by atoms with E-state index in [-0.39, 0.29) is 6.54 Å². The predicted molar refractivity (Wildman–Crippen MR) is 105 cm³/mol. The van der Waals surface area contributed by atoms with Crippen LogP contribution >= 0.6 is 15.9 Å². The number of ether oxygens (including phenoxy) is 1. The van der Waals surface area contributed by atoms with Crippen molar-refractivity contribution in [2.75, 3.05) is 26.3 Å². The highest BCUT2D eigenvalue weighted by atomic mass is 79.9. The first kappa shape index (κ1) is 19.5. The number of rotatable bonds is 6. The van der Waals surface area contributed by atoms with Crippen molar-refractivity contribution >= 4 is 26.0 Å². The molecule has 1 heterocycles. The first-order chi connectivity index (χ1) is 12.5. The summed E-state index contributed by atoms with van der Waals surface area (Å²) in [6, 6.07) is 13.2. The lowest BCUT2D eigenvalue weighted by Crippen LogP contribution is -2.36. The van der Waals surface area contributed by atoms with E-state index in [1.807, 2.05) is 24.3 Å². The minimum Gasteiger partial charge on any atom is -0.379 e. The van der Waals surface area contributed by atoms with Crippen LogP contribution in [0.4, 0.5) is 0 Å². The van der Waals surface area contributed by atoms with Crippen molar-refractivity contribution in [1.29, 1.82) is 0 Å². The molecule has 3 rings (SSSR count). The molecule has 0 spiro atoms. The van der Waals surface area contributed by atoms with Crippen LogP contribution in [-0.4, -0.2) is 39.6 Å². The van der Waals surface area contributed by atoms with Gasteiger partial charge < -0.3 is 4.74 Å². The zero-order chi connectivity index (χ0) is 18.6. The van der Waals surface area contributed by atoms with Gasteiger partial charge in [0.05, 0.1) is 18.1 Å². The maximum Gasteiger partial charge on any atom is 0.241 e. The molecule has 1 fully saturated rings. The van der Waals surface area contributed by atoms with Gasteiger partial charge in [-0.15, -0.1) is 0 Å². The largest absolute Gasteiger partial charge is 0.379 e. The zero-order valence-corrected chi connectivity index (χ0v) is 17.1. The zero-order valence-electron chi connectivity index (χ0n) is 14.7. The van der Waals surface area contributed by atoms with Crippen molar-refractivity contribution in [2.45, 2.75) is 24.9 Å². The van der Waals surface area contributed by atoms with Crippen LogP contribution in [0.15, 0.2) is 51.8 Å². The second-order valence-corrected chi connectivity index (χ2v) is 9.04. The van der Waals surface area contributed by atoms with Crippen LogP contribution in [-0.2, 0) is 27.8 Å². The molecular weight excluding hydrogens is 416 g/mol. The minimum absolute atomic E-state index is 0.273. The Hall–Kier alpha value is -1.25. The van der Waals surface area contributed by atoms with Crippen molar-refractivity contribution in [3.63, 3.8) is 0 Å². The summed E-state index contributed by atoms with van der Waals surface area (Å²) in [4.78, 5) is 2.63. The van der Waals surface area contributed by atoms with Crippen molar-refractivity contribution in [2.24, 2.45) is 0 Å². The summed E-state index contributed by atoms with van der Waals surface area (Å²) in [7, 11) is -3.58. The van der Waals surface area contributed by atoms with Crippen molar-refractivity contribution in [1.82, 2.24) is 9.62 Å². The van der Waals surface area contributed by atoms with Gasteiger partial charge in [-0.25, -0.2) is 13.1 Å². The van der Waals surface area contributed by atoms with Gasteiger partial charge in [-0.1, -0.05) is 46.3 Å². The second-order valence-electron chi connectivity index (χ2n) is 6.39. The summed E-state index contributed by atoms with van der Waals surface area (Å²) in [6.45, 7) is 6.17. The molecular formula is C19H23BrN2O3S. The average molecular weight is 439 g/mol. The molecule has 0 radical (unpaired) electrons. The van der Waals surface area contributed by atoms with Crippen LogP contribution < -0.4 is 4.72 Å². The van der Waals surface area contributed by atoms with Crippen molar-refractivity contribution < 1.29 is 13.2 Å². The van der Waals surface area contributed by atoms with Crippen LogP contribution in [0, 0.1) is 6.92 Å². The molecule has 5 nitrogen and oxygen atoms in total. The second kappa shape index (κ2) is 8.63. The summed E-state index contributed by atoms with van der Waals surface area (Å²) >= 11 is 3.34. The Labute approximate surface area is 163 Å². The maximum absolute atomic E-state index is 12.7. The number of morpholine rings is 1. The molecule has 0 saturated carbocycles. The predicted octanol–water partition coefficient (Wildman–Crippen LogP) is 3.07. The molecule has 7 heteroatoms. The summed E-state index contributed by atoms with van der Waals surface area (Å²) < 4.78 is 34.3. The number of nitrogens with zero attached hydrogens (tertiary/aromatic N) is 1. The Morgan fingerprint density at radius 3 is 2.54 bits per heavy atom. The first-order valence-electron chi connectivity index (χ1n) is 8.58. The quantitative estimate of drug-likeness (QED) is 0.752. The fraction of sp³-hybridized carbons (Fsp3) is 0.368. The fourth-order valence-electron chi connectivity index (χ4n) is 3.00. The van der Waals surface area contributed by atoms with Gasteiger partial charge in [0.25, 0.3) is 0 Å². The summed E-state index contributed by atoms with van der Waals surface area (Å²) in [5.41, 5.74) is 2.86. The van der Waals surface area contributed by atoms with Gasteiger partial charge >= 0.3 is 0 Å². The van der Waals surface area contributed by atoms with E-state index >= 15 is 0 Å². The highest BCUT2D eigenvalue weighted by Crippen LogP contribution is 2.21. The van der Waals surface area contributed by atoms with Crippen LogP contribution in [0.5, 0.6) is 0 Å². The monoisotopic (exact) mass is 438 g/mol.